The van der Waals surface area contributed by atoms with Crippen molar-refractivity contribution >= 4 is 17.0 Å². The lowest BCUT2D eigenvalue weighted by Crippen LogP contribution is -2.17. The van der Waals surface area contributed by atoms with Crippen LogP contribution in [0.25, 0.3) is 10.9 Å². The summed E-state index contributed by atoms with van der Waals surface area (Å²) in [5.41, 5.74) is 4.17. The number of amides is 1. The topological polar surface area (TPSA) is 74.4 Å². The van der Waals surface area contributed by atoms with Crippen molar-refractivity contribution in [3.8, 4) is 5.75 Å². The third kappa shape index (κ3) is 3.74. The SMILES string of the molecule is NC(=O)OCCOc1ccnc2cc(C(F)(F)F)ccc12. The Balaban J connectivity index is 2.20. The fourth-order valence-electron chi connectivity index (χ4n) is 1.72. The Bertz CT molecular complexity index is 659. The van der Waals surface area contributed by atoms with Crippen molar-refractivity contribution in [3.05, 3.63) is 36.0 Å². The first kappa shape index (κ1) is 14.9. The Morgan fingerprint density at radius 3 is 2.67 bits per heavy atom. The van der Waals surface area contributed by atoms with Crippen LogP contribution in [0.1, 0.15) is 5.56 Å². The molecule has 0 aliphatic carbocycles. The molecule has 0 aliphatic rings. The van der Waals surface area contributed by atoms with E-state index >= 15 is 0 Å². The molecule has 0 aliphatic heterocycles. The van der Waals surface area contributed by atoms with Gasteiger partial charge in [0.1, 0.15) is 19.0 Å². The van der Waals surface area contributed by atoms with Crippen LogP contribution in [0.5, 0.6) is 5.75 Å². The molecule has 2 aromatic rings. The molecular weight excluding hydrogens is 289 g/mol. The average molecular weight is 300 g/mol. The minimum atomic E-state index is -4.43. The maximum Gasteiger partial charge on any atom is 0.416 e. The molecule has 5 nitrogen and oxygen atoms in total. The van der Waals surface area contributed by atoms with E-state index < -0.39 is 17.8 Å². The molecular formula is C13H11F3N2O3. The van der Waals surface area contributed by atoms with Gasteiger partial charge >= 0.3 is 12.3 Å². The van der Waals surface area contributed by atoms with Crippen LogP contribution >= 0.6 is 0 Å². The Morgan fingerprint density at radius 2 is 2.00 bits per heavy atom. The molecule has 1 heterocycles. The highest BCUT2D eigenvalue weighted by Crippen LogP contribution is 2.33. The first-order valence-corrected chi connectivity index (χ1v) is 5.89. The fraction of sp³-hybridized carbons (Fsp3) is 0.231. The van der Waals surface area contributed by atoms with Crippen molar-refractivity contribution in [3.63, 3.8) is 0 Å². The van der Waals surface area contributed by atoms with Crippen LogP contribution in [0.3, 0.4) is 0 Å². The second-order valence-electron chi connectivity index (χ2n) is 4.05. The molecule has 0 fully saturated rings. The van der Waals surface area contributed by atoms with E-state index in [0.29, 0.717) is 11.1 Å². The number of hydrogen-bond donors (Lipinski definition) is 1. The maximum absolute atomic E-state index is 12.6. The second kappa shape index (κ2) is 5.86. The molecule has 8 heteroatoms. The van der Waals surface area contributed by atoms with Gasteiger partial charge < -0.3 is 15.2 Å². The minimum absolute atomic E-state index is 0.0308. The largest absolute Gasteiger partial charge is 0.489 e. The maximum atomic E-state index is 12.6. The van der Waals surface area contributed by atoms with Gasteiger partial charge in [0.25, 0.3) is 0 Å². The molecule has 0 unspecified atom stereocenters. The number of rotatable bonds is 4. The number of hydrogen-bond acceptors (Lipinski definition) is 4. The number of carbonyl (C=O) groups excluding carboxylic acids is 1. The molecule has 2 N–H and O–H groups in total. The highest BCUT2D eigenvalue weighted by atomic mass is 19.4. The van der Waals surface area contributed by atoms with Crippen LogP contribution in [-0.4, -0.2) is 24.3 Å². The van der Waals surface area contributed by atoms with Crippen LogP contribution in [0.4, 0.5) is 18.0 Å². The summed E-state index contributed by atoms with van der Waals surface area (Å²) < 4.78 is 47.7. The molecule has 0 bridgehead atoms. The van der Waals surface area contributed by atoms with Crippen molar-refractivity contribution in [2.24, 2.45) is 5.73 Å². The monoisotopic (exact) mass is 300 g/mol. The Hall–Kier alpha value is -2.51. The third-order valence-corrected chi connectivity index (χ3v) is 2.62. The van der Waals surface area contributed by atoms with Gasteiger partial charge in [0.05, 0.1) is 11.1 Å². The van der Waals surface area contributed by atoms with Crippen molar-refractivity contribution in [1.82, 2.24) is 4.98 Å². The van der Waals surface area contributed by atoms with Gasteiger partial charge in [0.15, 0.2) is 0 Å². The molecule has 0 radical (unpaired) electrons. The summed E-state index contributed by atoms with van der Waals surface area (Å²) in [5.74, 6) is 0.349. The molecule has 0 saturated heterocycles. The molecule has 21 heavy (non-hydrogen) atoms. The van der Waals surface area contributed by atoms with Crippen molar-refractivity contribution in [1.29, 1.82) is 0 Å². The van der Waals surface area contributed by atoms with Gasteiger partial charge in [-0.25, -0.2) is 4.79 Å². The van der Waals surface area contributed by atoms with Crippen LogP contribution in [0, 0.1) is 0 Å². The number of benzene rings is 1. The zero-order valence-corrected chi connectivity index (χ0v) is 10.7. The third-order valence-electron chi connectivity index (χ3n) is 2.62. The van der Waals surface area contributed by atoms with Crippen molar-refractivity contribution in [2.75, 3.05) is 13.2 Å². The molecule has 0 atom stereocenters. The number of ether oxygens (including phenoxy) is 2. The lowest BCUT2D eigenvalue weighted by atomic mass is 10.1. The molecule has 0 saturated carbocycles. The Kier molecular flexibility index (Phi) is 4.15. The molecule has 1 aromatic carbocycles. The summed E-state index contributed by atoms with van der Waals surface area (Å²) in [7, 11) is 0. The fourth-order valence-corrected chi connectivity index (χ4v) is 1.72. The molecule has 2 rings (SSSR count). The van der Waals surface area contributed by atoms with Crippen LogP contribution < -0.4 is 10.5 Å². The Morgan fingerprint density at radius 1 is 1.24 bits per heavy atom. The molecule has 112 valence electrons. The van der Waals surface area contributed by atoms with Crippen molar-refractivity contribution in [2.45, 2.75) is 6.18 Å². The van der Waals surface area contributed by atoms with E-state index in [1.165, 1.54) is 18.3 Å². The number of pyridine rings is 1. The zero-order chi connectivity index (χ0) is 15.5. The second-order valence-corrected chi connectivity index (χ2v) is 4.05. The number of halogens is 3. The number of alkyl halides is 3. The number of fused-ring (bicyclic) bond motifs is 1. The summed E-state index contributed by atoms with van der Waals surface area (Å²) in [6.07, 6.45) is -4.01. The number of carbonyl (C=O) groups is 1. The highest BCUT2D eigenvalue weighted by Gasteiger charge is 2.30. The highest BCUT2D eigenvalue weighted by molar-refractivity contribution is 5.85. The number of primary amides is 1. The van der Waals surface area contributed by atoms with Crippen LogP contribution in [-0.2, 0) is 10.9 Å². The predicted molar refractivity (Wildman–Crippen MR) is 67.8 cm³/mol. The van der Waals surface area contributed by atoms with E-state index in [9.17, 15) is 18.0 Å². The van der Waals surface area contributed by atoms with Gasteiger partial charge in [0, 0.05) is 11.6 Å². The van der Waals surface area contributed by atoms with E-state index in [1.807, 2.05) is 0 Å². The van der Waals surface area contributed by atoms with Gasteiger partial charge in [0.2, 0.25) is 0 Å². The number of nitrogens with zero attached hydrogens (tertiary/aromatic N) is 1. The zero-order valence-electron chi connectivity index (χ0n) is 10.7. The lowest BCUT2D eigenvalue weighted by Gasteiger charge is -2.11. The van der Waals surface area contributed by atoms with Gasteiger partial charge in [-0.2, -0.15) is 13.2 Å². The summed E-state index contributed by atoms with van der Waals surface area (Å²) >= 11 is 0. The van der Waals surface area contributed by atoms with Crippen LogP contribution in [0.2, 0.25) is 0 Å². The average Bonchev–Trinajstić information content (AvgIpc) is 2.42. The van der Waals surface area contributed by atoms with Gasteiger partial charge in [-0.3, -0.25) is 4.98 Å². The van der Waals surface area contributed by atoms with Crippen LogP contribution in [0.15, 0.2) is 30.5 Å². The quantitative estimate of drug-likeness (QED) is 0.881. The normalized spacial score (nSPS) is 11.4. The summed E-state index contributed by atoms with van der Waals surface area (Å²) in [4.78, 5) is 14.3. The van der Waals surface area contributed by atoms with E-state index in [1.54, 1.807) is 0 Å². The van der Waals surface area contributed by atoms with Gasteiger partial charge in [-0.05, 0) is 24.3 Å². The first-order valence-electron chi connectivity index (χ1n) is 5.89. The van der Waals surface area contributed by atoms with Crippen molar-refractivity contribution < 1.29 is 27.4 Å². The van der Waals surface area contributed by atoms with E-state index in [2.05, 4.69) is 9.72 Å². The molecule has 1 aromatic heterocycles. The predicted octanol–water partition coefficient (Wildman–Crippen LogP) is 2.73. The van der Waals surface area contributed by atoms with Gasteiger partial charge in [-0.15, -0.1) is 0 Å². The smallest absolute Gasteiger partial charge is 0.416 e. The van der Waals surface area contributed by atoms with E-state index in [-0.39, 0.29) is 18.7 Å². The number of nitrogens with two attached hydrogens (primary N) is 1. The van der Waals surface area contributed by atoms with Gasteiger partial charge in [-0.1, -0.05) is 0 Å². The minimum Gasteiger partial charge on any atom is -0.489 e. The molecule has 1 amide bonds. The first-order chi connectivity index (χ1) is 9.88. The Labute approximate surface area is 117 Å². The summed E-state index contributed by atoms with van der Waals surface area (Å²) in [6, 6.07) is 4.70. The van der Waals surface area contributed by atoms with E-state index in [0.717, 1.165) is 12.1 Å². The van der Waals surface area contributed by atoms with E-state index in [4.69, 9.17) is 10.5 Å². The standard InChI is InChI=1S/C13H11F3N2O3/c14-13(15,16)8-1-2-9-10(7-8)18-4-3-11(9)20-5-6-21-12(17)19/h1-4,7H,5-6H2,(H2,17,19). The lowest BCUT2D eigenvalue weighted by molar-refractivity contribution is -0.137. The summed E-state index contributed by atoms with van der Waals surface area (Å²) in [6.45, 7) is -0.0249. The summed E-state index contributed by atoms with van der Waals surface area (Å²) in [5, 5.41) is 0.435. The number of aromatic nitrogens is 1. The molecule has 0 spiro atoms.